The average Bonchev–Trinajstić information content (AvgIpc) is 3.18. The molecule has 0 aliphatic heterocycles. The smallest absolute Gasteiger partial charge is 0.183 e. The number of halogens is 2. The van der Waals surface area contributed by atoms with E-state index in [2.05, 4.69) is 102 Å². The van der Waals surface area contributed by atoms with Gasteiger partial charge in [0.05, 0.1) is 0 Å². The summed E-state index contributed by atoms with van der Waals surface area (Å²) in [6.07, 6.45) is 2.11. The third kappa shape index (κ3) is 26.4. The largest absolute Gasteiger partial charge is 1.00 e. The van der Waals surface area contributed by atoms with Gasteiger partial charge in [-0.05, 0) is 39.3 Å². The molecule has 0 unspecified atom stereocenters. The summed E-state index contributed by atoms with van der Waals surface area (Å²) in [6.45, 7) is 19.3. The normalized spacial score (nSPS) is 10.5. The van der Waals surface area contributed by atoms with Crippen molar-refractivity contribution in [1.82, 2.24) is 0 Å². The van der Waals surface area contributed by atoms with Crippen molar-refractivity contribution in [2.24, 2.45) is 0 Å². The molecule has 0 atom stereocenters. The summed E-state index contributed by atoms with van der Waals surface area (Å²) in [4.78, 5) is 0. The van der Waals surface area contributed by atoms with Gasteiger partial charge in [-0.2, -0.15) is 35.4 Å². The van der Waals surface area contributed by atoms with Crippen LogP contribution in [0.5, 0.6) is 0 Å². The molecule has 0 radical (unpaired) electrons. The molecule has 0 aromatic heterocycles. The van der Waals surface area contributed by atoms with E-state index >= 15 is 0 Å². The zero-order valence-corrected chi connectivity index (χ0v) is 26.0. The van der Waals surface area contributed by atoms with E-state index in [0.29, 0.717) is 0 Å². The molecule has 172 valence electrons. The van der Waals surface area contributed by atoms with Gasteiger partial charge in [0.25, 0.3) is 0 Å². The molecular formula is C23H40Cl2O2Si2Zr-2. The maximum atomic E-state index is 5.74. The second-order valence-corrected chi connectivity index (χ2v) is 20.5. The summed E-state index contributed by atoms with van der Waals surface area (Å²) in [5.41, 5.74) is 2.77. The predicted molar refractivity (Wildman–Crippen MR) is 126 cm³/mol. The molecule has 0 aliphatic carbocycles. The van der Waals surface area contributed by atoms with E-state index in [-0.39, 0.29) is 24.8 Å². The van der Waals surface area contributed by atoms with E-state index < -0.39 is 16.6 Å². The molecule has 2 nitrogen and oxygen atoms in total. The Morgan fingerprint density at radius 2 is 0.900 bits per heavy atom. The van der Waals surface area contributed by atoms with Crippen LogP contribution in [0.15, 0.2) is 48.5 Å². The first kappa shape index (κ1) is 35.0. The van der Waals surface area contributed by atoms with Gasteiger partial charge in [0.2, 0.25) is 0 Å². The van der Waals surface area contributed by atoms with Crippen LogP contribution in [0, 0.1) is 0 Å². The fourth-order valence-electron chi connectivity index (χ4n) is 2.11. The van der Waals surface area contributed by atoms with Crippen molar-refractivity contribution >= 4 is 19.8 Å². The molecule has 0 aliphatic rings. The molecule has 2 aromatic rings. The standard InChI is InChI=1S/2C10H17OSi.C3H6.2ClH.Zr/c2*1-12(2,3)11-9-8-10-6-4-5-7-10;1-3-2;;;/h2*4-7H,8-9H2,1-3H3;1-2H3;2*1H;/q2*-1;;;;+2/p-2. The Kier molecular flexibility index (Phi) is 22.1. The number of rotatable bonds is 8. The van der Waals surface area contributed by atoms with E-state index in [1.165, 1.54) is 14.3 Å². The minimum atomic E-state index is -1.29. The summed E-state index contributed by atoms with van der Waals surface area (Å²) in [7, 11) is -2.58. The van der Waals surface area contributed by atoms with Crippen molar-refractivity contribution in [3.05, 3.63) is 59.7 Å². The maximum Gasteiger partial charge on any atom is 0.183 e. The van der Waals surface area contributed by atoms with Crippen molar-refractivity contribution in [1.29, 1.82) is 0 Å². The average molecular weight is 567 g/mol. The zero-order valence-electron chi connectivity index (χ0n) is 20.0. The van der Waals surface area contributed by atoms with Crippen LogP contribution in [0.1, 0.15) is 25.0 Å². The second kappa shape index (κ2) is 18.9. The Morgan fingerprint density at radius 3 is 1.10 bits per heavy atom. The van der Waals surface area contributed by atoms with Crippen molar-refractivity contribution in [3.63, 3.8) is 0 Å². The van der Waals surface area contributed by atoms with Crippen LogP contribution in [0.4, 0.5) is 0 Å². The monoisotopic (exact) mass is 564 g/mol. The first-order chi connectivity index (χ1) is 12.9. The van der Waals surface area contributed by atoms with Crippen molar-refractivity contribution in [2.45, 2.75) is 66.0 Å². The molecule has 0 N–H and O–H groups in total. The van der Waals surface area contributed by atoms with E-state index in [1.54, 1.807) is 24.2 Å². The second-order valence-electron chi connectivity index (χ2n) is 9.01. The van der Waals surface area contributed by atoms with Gasteiger partial charge in [-0.1, -0.05) is 12.8 Å². The van der Waals surface area contributed by atoms with Gasteiger partial charge in [-0.15, -0.1) is 0 Å². The molecule has 0 spiro atoms. The molecule has 0 saturated heterocycles. The van der Waals surface area contributed by atoms with Crippen molar-refractivity contribution < 1.29 is 57.9 Å². The van der Waals surface area contributed by atoms with Gasteiger partial charge >= 0.3 is 41.3 Å². The molecule has 2 rings (SSSR count). The van der Waals surface area contributed by atoms with Gasteiger partial charge in [0.1, 0.15) is 0 Å². The van der Waals surface area contributed by atoms with E-state index in [4.69, 9.17) is 8.85 Å². The minimum absolute atomic E-state index is 0. The number of hydrogen-bond acceptors (Lipinski definition) is 2. The van der Waals surface area contributed by atoms with Crippen LogP contribution < -0.4 is 24.8 Å². The van der Waals surface area contributed by atoms with Crippen LogP contribution >= 0.6 is 0 Å². The molecule has 0 fully saturated rings. The molecular weight excluding hydrogens is 527 g/mol. The summed E-state index contributed by atoms with van der Waals surface area (Å²) in [5, 5.41) is 0. The van der Waals surface area contributed by atoms with Crippen LogP contribution in [-0.4, -0.2) is 33.1 Å². The fraction of sp³-hybridized carbons (Fsp3) is 0.522. The van der Waals surface area contributed by atoms with Gasteiger partial charge in [-0.3, -0.25) is 0 Å². The SMILES string of the molecule is C[C](C)=[Zr+2].C[Si](C)(C)OCC[c-]1cccc1.C[Si](C)(C)OCC[c-]1cccc1.[Cl-].[Cl-]. The summed E-state index contributed by atoms with van der Waals surface area (Å²) in [5.74, 6) is 0. The maximum absolute atomic E-state index is 5.74. The Hall–Kier alpha value is 0.387. The summed E-state index contributed by atoms with van der Waals surface area (Å²) >= 11 is 1.55. The van der Waals surface area contributed by atoms with Crippen molar-refractivity contribution in [2.75, 3.05) is 13.2 Å². The first-order valence-electron chi connectivity index (χ1n) is 10.1. The van der Waals surface area contributed by atoms with Crippen LogP contribution in [0.2, 0.25) is 39.3 Å². The molecule has 0 heterocycles. The van der Waals surface area contributed by atoms with Crippen LogP contribution in [0.25, 0.3) is 0 Å². The van der Waals surface area contributed by atoms with Gasteiger partial charge in [0, 0.05) is 13.2 Å². The molecule has 7 heteroatoms. The Morgan fingerprint density at radius 1 is 0.667 bits per heavy atom. The quantitative estimate of drug-likeness (QED) is 0.339. The third-order valence-corrected chi connectivity index (χ3v) is 5.46. The Bertz CT molecular complexity index is 562. The molecule has 30 heavy (non-hydrogen) atoms. The Balaban J connectivity index is -0.000000391. The van der Waals surface area contributed by atoms with Gasteiger partial charge in [-0.25, -0.2) is 24.3 Å². The summed E-state index contributed by atoms with van der Waals surface area (Å²) in [6, 6.07) is 16.9. The predicted octanol–water partition coefficient (Wildman–Crippen LogP) is 0.352. The van der Waals surface area contributed by atoms with Crippen LogP contribution in [0.3, 0.4) is 0 Å². The van der Waals surface area contributed by atoms with E-state index in [9.17, 15) is 0 Å². The third-order valence-electron chi connectivity index (χ3n) is 3.32. The Labute approximate surface area is 215 Å². The zero-order chi connectivity index (χ0) is 21.6. The fourth-order valence-corrected chi connectivity index (χ4v) is 3.54. The van der Waals surface area contributed by atoms with Gasteiger partial charge < -0.3 is 33.7 Å². The van der Waals surface area contributed by atoms with Gasteiger partial charge in [0.15, 0.2) is 16.6 Å². The van der Waals surface area contributed by atoms with Crippen molar-refractivity contribution in [3.8, 4) is 0 Å². The number of hydrogen-bond donors (Lipinski definition) is 0. The van der Waals surface area contributed by atoms with E-state index in [0.717, 1.165) is 26.1 Å². The molecule has 2 aromatic carbocycles. The molecule has 0 bridgehead atoms. The molecule has 0 amide bonds. The molecule has 0 saturated carbocycles. The van der Waals surface area contributed by atoms with Crippen LogP contribution in [-0.2, 0) is 45.9 Å². The minimum Gasteiger partial charge on any atom is -1.00 e. The first-order valence-corrected chi connectivity index (χ1v) is 18.1. The topological polar surface area (TPSA) is 18.5 Å². The summed E-state index contributed by atoms with van der Waals surface area (Å²) < 4.78 is 13.0. The van der Waals surface area contributed by atoms with E-state index in [1.807, 2.05) is 0 Å².